The van der Waals surface area contributed by atoms with Crippen LogP contribution in [0.4, 0.5) is 4.39 Å². The second-order valence-electron chi connectivity index (χ2n) is 4.88. The maximum absolute atomic E-state index is 13.2. The lowest BCUT2D eigenvalue weighted by atomic mass is 10.2. The van der Waals surface area contributed by atoms with Crippen LogP contribution in [0.2, 0.25) is 0 Å². The van der Waals surface area contributed by atoms with Gasteiger partial charge in [0.15, 0.2) is 0 Å². The van der Waals surface area contributed by atoms with Crippen LogP contribution in [0.1, 0.15) is 24.8 Å². The second kappa shape index (κ2) is 5.20. The van der Waals surface area contributed by atoms with Crippen LogP contribution in [-0.2, 0) is 11.3 Å². The fourth-order valence-corrected chi connectivity index (χ4v) is 2.01. The summed E-state index contributed by atoms with van der Waals surface area (Å²) in [6, 6.07) is 2.07. The average molecular weight is 252 g/mol. The molecule has 2 fully saturated rings. The number of nitrogens with zero attached hydrogens (tertiary/aromatic N) is 1. The lowest BCUT2D eigenvalue weighted by Crippen LogP contribution is -2.20. The van der Waals surface area contributed by atoms with Crippen molar-refractivity contribution in [2.75, 3.05) is 13.2 Å². The first-order valence-corrected chi connectivity index (χ1v) is 6.43. The predicted molar refractivity (Wildman–Crippen MR) is 63.9 cm³/mol. The number of rotatable bonds is 5. The van der Waals surface area contributed by atoms with E-state index in [1.54, 1.807) is 0 Å². The van der Waals surface area contributed by atoms with Crippen LogP contribution in [0, 0.1) is 5.82 Å². The number of ether oxygens (including phenoxy) is 2. The molecule has 1 unspecified atom stereocenters. The first-order valence-electron chi connectivity index (χ1n) is 6.43. The molecule has 1 N–H and O–H groups in total. The third-order valence-electron chi connectivity index (χ3n) is 3.22. The van der Waals surface area contributed by atoms with Gasteiger partial charge in [0.2, 0.25) is 5.88 Å². The highest BCUT2D eigenvalue weighted by Gasteiger charge is 2.23. The maximum atomic E-state index is 13.2. The van der Waals surface area contributed by atoms with E-state index in [2.05, 4.69) is 10.3 Å². The fraction of sp³-hybridized carbons (Fsp3) is 0.615. The average Bonchev–Trinajstić information content (AvgIpc) is 3.06. The summed E-state index contributed by atoms with van der Waals surface area (Å²) in [4.78, 5) is 4.05. The maximum Gasteiger partial charge on any atom is 0.218 e. The van der Waals surface area contributed by atoms with Crippen LogP contribution in [0.3, 0.4) is 0 Å². The molecule has 2 aliphatic rings. The van der Waals surface area contributed by atoms with Crippen LogP contribution in [0.25, 0.3) is 0 Å². The molecular weight excluding hydrogens is 235 g/mol. The third kappa shape index (κ3) is 2.97. The van der Waals surface area contributed by atoms with Crippen LogP contribution in [0.5, 0.6) is 5.88 Å². The quantitative estimate of drug-likeness (QED) is 0.865. The molecule has 1 saturated carbocycles. The highest BCUT2D eigenvalue weighted by molar-refractivity contribution is 5.26. The molecule has 1 atom stereocenters. The van der Waals surface area contributed by atoms with E-state index in [0.717, 1.165) is 18.6 Å². The van der Waals surface area contributed by atoms with E-state index in [9.17, 15) is 4.39 Å². The van der Waals surface area contributed by atoms with E-state index in [1.165, 1.54) is 25.1 Å². The van der Waals surface area contributed by atoms with Gasteiger partial charge >= 0.3 is 0 Å². The van der Waals surface area contributed by atoms with E-state index in [1.807, 2.05) is 0 Å². The van der Waals surface area contributed by atoms with Gasteiger partial charge in [-0.2, -0.15) is 0 Å². The Labute approximate surface area is 106 Å². The Balaban J connectivity index is 1.69. The number of hydrogen-bond donors (Lipinski definition) is 1. The number of nitrogens with one attached hydrogen (secondary N) is 1. The molecule has 18 heavy (non-hydrogen) atoms. The largest absolute Gasteiger partial charge is 0.472 e. The van der Waals surface area contributed by atoms with Gasteiger partial charge in [-0.15, -0.1) is 0 Å². The van der Waals surface area contributed by atoms with E-state index in [0.29, 0.717) is 25.1 Å². The Hall–Kier alpha value is -1.20. The number of hydrogen-bond acceptors (Lipinski definition) is 4. The van der Waals surface area contributed by atoms with Crippen LogP contribution >= 0.6 is 0 Å². The molecule has 1 aliphatic carbocycles. The smallest absolute Gasteiger partial charge is 0.218 e. The molecule has 1 saturated heterocycles. The molecule has 0 amide bonds. The Morgan fingerprint density at radius 1 is 1.44 bits per heavy atom. The number of aromatic nitrogens is 1. The molecule has 1 aliphatic heterocycles. The zero-order valence-corrected chi connectivity index (χ0v) is 10.2. The summed E-state index contributed by atoms with van der Waals surface area (Å²) in [5.41, 5.74) is 0.786. The highest BCUT2D eigenvalue weighted by Crippen LogP contribution is 2.23. The van der Waals surface area contributed by atoms with Gasteiger partial charge in [0.1, 0.15) is 11.9 Å². The summed E-state index contributed by atoms with van der Waals surface area (Å²) < 4.78 is 24.3. The number of halogens is 1. The molecule has 5 heteroatoms. The standard InChI is InChI=1S/C13H17FN2O2/c14-10-5-9(6-15-11-1-2-11)13(16-7-10)18-12-3-4-17-8-12/h5,7,11-12,15H,1-4,6,8H2. The Kier molecular flexibility index (Phi) is 3.43. The lowest BCUT2D eigenvalue weighted by Gasteiger charge is -2.14. The molecular formula is C13H17FN2O2. The zero-order chi connectivity index (χ0) is 12.4. The molecule has 3 rings (SSSR count). The summed E-state index contributed by atoms with van der Waals surface area (Å²) in [6.07, 6.45) is 4.52. The molecule has 2 heterocycles. The highest BCUT2D eigenvalue weighted by atomic mass is 19.1. The Bertz CT molecular complexity index is 417. The van der Waals surface area contributed by atoms with Crippen LogP contribution in [-0.4, -0.2) is 30.3 Å². The van der Waals surface area contributed by atoms with E-state index in [4.69, 9.17) is 9.47 Å². The van der Waals surface area contributed by atoms with Crippen molar-refractivity contribution < 1.29 is 13.9 Å². The minimum atomic E-state index is -0.322. The first-order chi connectivity index (χ1) is 8.81. The van der Waals surface area contributed by atoms with Crippen LogP contribution < -0.4 is 10.1 Å². The summed E-state index contributed by atoms with van der Waals surface area (Å²) >= 11 is 0. The molecule has 0 spiro atoms. The normalized spacial score (nSPS) is 23.3. The van der Waals surface area contributed by atoms with Gasteiger partial charge in [0, 0.05) is 24.6 Å². The Morgan fingerprint density at radius 2 is 2.33 bits per heavy atom. The van der Waals surface area contributed by atoms with Crippen LogP contribution in [0.15, 0.2) is 12.3 Å². The van der Waals surface area contributed by atoms with Crippen molar-refractivity contribution in [1.82, 2.24) is 10.3 Å². The van der Waals surface area contributed by atoms with Gasteiger partial charge in [-0.25, -0.2) is 9.37 Å². The number of pyridine rings is 1. The van der Waals surface area contributed by atoms with Gasteiger partial charge in [-0.3, -0.25) is 0 Å². The van der Waals surface area contributed by atoms with Crippen molar-refractivity contribution in [2.24, 2.45) is 0 Å². The van der Waals surface area contributed by atoms with Gasteiger partial charge in [0.05, 0.1) is 19.4 Å². The topological polar surface area (TPSA) is 43.4 Å². The molecule has 98 valence electrons. The summed E-state index contributed by atoms with van der Waals surface area (Å²) in [5.74, 6) is 0.206. The molecule has 4 nitrogen and oxygen atoms in total. The predicted octanol–water partition coefficient (Wildman–Crippen LogP) is 1.64. The van der Waals surface area contributed by atoms with Gasteiger partial charge in [-0.1, -0.05) is 0 Å². The SMILES string of the molecule is Fc1cnc(OC2CCOC2)c(CNC2CC2)c1. The van der Waals surface area contributed by atoms with Gasteiger partial charge < -0.3 is 14.8 Å². The minimum absolute atomic E-state index is 0.0441. The van der Waals surface area contributed by atoms with E-state index >= 15 is 0 Å². The van der Waals surface area contributed by atoms with Crippen molar-refractivity contribution in [2.45, 2.75) is 38.0 Å². The summed E-state index contributed by atoms with van der Waals surface area (Å²) in [5, 5.41) is 3.35. The molecule has 1 aromatic rings. The minimum Gasteiger partial charge on any atom is -0.472 e. The fourth-order valence-electron chi connectivity index (χ4n) is 2.01. The Morgan fingerprint density at radius 3 is 3.06 bits per heavy atom. The third-order valence-corrected chi connectivity index (χ3v) is 3.22. The van der Waals surface area contributed by atoms with Crippen molar-refractivity contribution >= 4 is 0 Å². The molecule has 0 radical (unpaired) electrons. The lowest BCUT2D eigenvalue weighted by molar-refractivity contribution is 0.137. The van der Waals surface area contributed by atoms with Crippen molar-refractivity contribution in [3.63, 3.8) is 0 Å². The molecule has 1 aromatic heterocycles. The first kappa shape index (κ1) is 11.9. The van der Waals surface area contributed by atoms with E-state index < -0.39 is 0 Å². The molecule has 0 aromatic carbocycles. The molecule has 0 bridgehead atoms. The monoisotopic (exact) mass is 252 g/mol. The van der Waals surface area contributed by atoms with E-state index in [-0.39, 0.29) is 11.9 Å². The summed E-state index contributed by atoms with van der Waals surface area (Å²) in [7, 11) is 0. The van der Waals surface area contributed by atoms with Gasteiger partial charge in [-0.05, 0) is 18.9 Å². The zero-order valence-electron chi connectivity index (χ0n) is 10.2. The summed E-state index contributed by atoms with van der Waals surface area (Å²) in [6.45, 7) is 1.93. The van der Waals surface area contributed by atoms with Crippen molar-refractivity contribution in [3.05, 3.63) is 23.6 Å². The van der Waals surface area contributed by atoms with Crippen molar-refractivity contribution in [3.8, 4) is 5.88 Å². The van der Waals surface area contributed by atoms with Gasteiger partial charge in [0.25, 0.3) is 0 Å². The second-order valence-corrected chi connectivity index (χ2v) is 4.88. The van der Waals surface area contributed by atoms with Crippen molar-refractivity contribution in [1.29, 1.82) is 0 Å².